The van der Waals surface area contributed by atoms with E-state index in [2.05, 4.69) is 10.6 Å². The lowest BCUT2D eigenvalue weighted by Gasteiger charge is -2.21. The topological polar surface area (TPSA) is 134 Å². The van der Waals surface area contributed by atoms with E-state index in [1.165, 1.54) is 38.5 Å². The van der Waals surface area contributed by atoms with Crippen LogP contribution in [0.25, 0.3) is 11.1 Å². The summed E-state index contributed by atoms with van der Waals surface area (Å²) in [5.41, 5.74) is 3.59. The number of hydrogen-bond donors (Lipinski definition) is 4. The summed E-state index contributed by atoms with van der Waals surface area (Å²) in [5.74, 6) is -1.42. The lowest BCUT2D eigenvalue weighted by atomic mass is 9.94. The fourth-order valence-electron chi connectivity index (χ4n) is 4.71. The van der Waals surface area contributed by atoms with Crippen LogP contribution in [0.15, 0.2) is 97.1 Å². The average molecular weight is 613 g/mol. The van der Waals surface area contributed by atoms with Gasteiger partial charge < -0.3 is 30.3 Å². The molecule has 0 saturated heterocycles. The summed E-state index contributed by atoms with van der Waals surface area (Å²) in [7, 11) is 2.54. The zero-order valence-electron chi connectivity index (χ0n) is 24.2. The lowest BCUT2D eigenvalue weighted by Crippen LogP contribution is -2.43. The molecule has 0 heterocycles. The van der Waals surface area contributed by atoms with E-state index in [9.17, 15) is 24.6 Å². The van der Waals surface area contributed by atoms with Crippen molar-refractivity contribution in [2.45, 2.75) is 24.9 Å². The highest BCUT2D eigenvalue weighted by atomic mass is 32.1. The van der Waals surface area contributed by atoms with Gasteiger partial charge in [-0.05, 0) is 52.6 Å². The van der Waals surface area contributed by atoms with E-state index >= 15 is 0 Å². The first kappa shape index (κ1) is 31.7. The van der Waals surface area contributed by atoms with Crippen molar-refractivity contribution < 1.29 is 34.1 Å². The van der Waals surface area contributed by atoms with E-state index in [1.54, 1.807) is 60.7 Å². The zero-order valence-corrected chi connectivity index (χ0v) is 25.0. The van der Waals surface area contributed by atoms with Crippen LogP contribution in [0, 0.1) is 0 Å². The van der Waals surface area contributed by atoms with Crippen molar-refractivity contribution in [2.75, 3.05) is 14.2 Å². The third-order valence-electron chi connectivity index (χ3n) is 6.97. The minimum Gasteiger partial charge on any atom is -0.508 e. The molecule has 9 nitrogen and oxygen atoms in total. The number of rotatable bonds is 11. The number of methoxy groups -OCH3 is 2. The van der Waals surface area contributed by atoms with Gasteiger partial charge in [0.25, 0.3) is 5.91 Å². The maximum atomic E-state index is 13.6. The number of carbonyl (C=O) groups is 3. The molecular weight excluding hydrogens is 580 g/mol. The molecule has 2 atom stereocenters. The first-order valence-corrected chi connectivity index (χ1v) is 14.1. The monoisotopic (exact) mass is 612 g/mol. The molecule has 0 spiro atoms. The summed E-state index contributed by atoms with van der Waals surface area (Å²) in [4.78, 5) is 39.2. The predicted octanol–water partition coefficient (Wildman–Crippen LogP) is 4.33. The number of carbonyl (C=O) groups excluding carboxylic acids is 3. The molecule has 0 aromatic heterocycles. The molecule has 0 aliphatic rings. The number of amides is 1. The van der Waals surface area contributed by atoms with Gasteiger partial charge in [-0.1, -0.05) is 78.9 Å². The van der Waals surface area contributed by atoms with Gasteiger partial charge in [0.05, 0.1) is 14.2 Å². The number of phenols is 2. The molecule has 0 bridgehead atoms. The number of nitrogens with one attached hydrogen (secondary N) is 2. The Kier molecular flexibility index (Phi) is 10.7. The third kappa shape index (κ3) is 7.99. The Hall–Kier alpha value is -5.22. The molecule has 0 unspecified atom stereocenters. The standard InChI is InChI=1S/C34H32N2O7S/c1-42-33(40)29(19-21-11-15-23(37)16-12-21)35-31(39)27-9-5-3-7-25(27)26-8-4-6-10-28(26)32(44)36-30(34(41)43-2)20-22-13-17-24(38)18-14-22/h3-18,29-30,37-38H,19-20H2,1-2H3,(H,35,39)(H,36,44)/t29-,30-/m0/s1. The molecule has 0 saturated carbocycles. The summed E-state index contributed by atoms with van der Waals surface area (Å²) in [6.45, 7) is 0. The van der Waals surface area contributed by atoms with Crippen LogP contribution in [0.3, 0.4) is 0 Å². The second kappa shape index (κ2) is 14.8. The predicted molar refractivity (Wildman–Crippen MR) is 169 cm³/mol. The number of benzene rings is 4. The summed E-state index contributed by atoms with van der Waals surface area (Å²) in [6.07, 6.45) is 0.408. The molecule has 44 heavy (non-hydrogen) atoms. The normalized spacial score (nSPS) is 12.0. The van der Waals surface area contributed by atoms with E-state index < -0.39 is 29.9 Å². The maximum absolute atomic E-state index is 13.6. The summed E-state index contributed by atoms with van der Waals surface area (Å²) < 4.78 is 9.96. The summed E-state index contributed by atoms with van der Waals surface area (Å²) in [6, 6.07) is 25.2. The van der Waals surface area contributed by atoms with Gasteiger partial charge in [0.2, 0.25) is 0 Å². The van der Waals surface area contributed by atoms with Gasteiger partial charge in [0, 0.05) is 24.0 Å². The Bertz CT molecular complexity index is 1520. The number of thiocarbonyl (C=S) groups is 1. The fourth-order valence-corrected chi connectivity index (χ4v) is 5.03. The van der Waals surface area contributed by atoms with Crippen molar-refractivity contribution in [2.24, 2.45) is 0 Å². The molecule has 4 aromatic rings. The third-order valence-corrected chi connectivity index (χ3v) is 7.31. The van der Waals surface area contributed by atoms with E-state index in [-0.39, 0.29) is 29.3 Å². The molecule has 0 aliphatic heterocycles. The average Bonchev–Trinajstić information content (AvgIpc) is 3.05. The van der Waals surface area contributed by atoms with Crippen LogP contribution in [0.4, 0.5) is 0 Å². The van der Waals surface area contributed by atoms with Crippen LogP contribution in [0.2, 0.25) is 0 Å². The van der Waals surface area contributed by atoms with Crippen molar-refractivity contribution in [1.82, 2.24) is 10.6 Å². The highest BCUT2D eigenvalue weighted by Crippen LogP contribution is 2.28. The first-order chi connectivity index (χ1) is 21.2. The second-order valence-corrected chi connectivity index (χ2v) is 10.3. The molecular formula is C34H32N2O7S. The van der Waals surface area contributed by atoms with E-state index in [1.807, 2.05) is 12.1 Å². The fraction of sp³-hybridized carbons (Fsp3) is 0.176. The molecule has 226 valence electrons. The minimum atomic E-state index is -0.983. The van der Waals surface area contributed by atoms with Crippen LogP contribution >= 0.6 is 12.2 Å². The van der Waals surface area contributed by atoms with Crippen molar-refractivity contribution in [3.05, 3.63) is 119 Å². The van der Waals surface area contributed by atoms with Crippen LogP contribution < -0.4 is 10.6 Å². The van der Waals surface area contributed by atoms with Crippen LogP contribution in [0.1, 0.15) is 27.0 Å². The first-order valence-electron chi connectivity index (χ1n) is 13.7. The molecule has 0 fully saturated rings. The molecule has 4 aromatic carbocycles. The molecule has 4 rings (SSSR count). The quantitative estimate of drug-likeness (QED) is 0.144. The number of ether oxygens (including phenoxy) is 2. The number of hydrogen-bond acceptors (Lipinski definition) is 8. The van der Waals surface area contributed by atoms with E-state index in [0.29, 0.717) is 22.3 Å². The van der Waals surface area contributed by atoms with Gasteiger partial charge in [0.1, 0.15) is 28.6 Å². The van der Waals surface area contributed by atoms with E-state index in [0.717, 1.165) is 11.1 Å². The van der Waals surface area contributed by atoms with Gasteiger partial charge in [0.15, 0.2) is 0 Å². The largest absolute Gasteiger partial charge is 0.508 e. The highest BCUT2D eigenvalue weighted by molar-refractivity contribution is 7.80. The van der Waals surface area contributed by atoms with Crippen molar-refractivity contribution in [3.8, 4) is 22.6 Å². The van der Waals surface area contributed by atoms with Gasteiger partial charge in [-0.15, -0.1) is 0 Å². The second-order valence-electron chi connectivity index (χ2n) is 9.93. The highest BCUT2D eigenvalue weighted by Gasteiger charge is 2.26. The van der Waals surface area contributed by atoms with Crippen molar-refractivity contribution >= 4 is 35.1 Å². The van der Waals surface area contributed by atoms with Gasteiger partial charge in [-0.2, -0.15) is 0 Å². The zero-order chi connectivity index (χ0) is 31.6. The molecule has 0 aliphatic carbocycles. The van der Waals surface area contributed by atoms with Crippen LogP contribution in [-0.2, 0) is 31.9 Å². The Morgan fingerprint density at radius 2 is 1.05 bits per heavy atom. The number of esters is 2. The smallest absolute Gasteiger partial charge is 0.328 e. The summed E-state index contributed by atoms with van der Waals surface area (Å²) in [5, 5.41) is 25.1. The van der Waals surface area contributed by atoms with Crippen LogP contribution in [0.5, 0.6) is 11.5 Å². The van der Waals surface area contributed by atoms with Crippen molar-refractivity contribution in [3.63, 3.8) is 0 Å². The molecule has 10 heteroatoms. The Morgan fingerprint density at radius 1 is 0.636 bits per heavy atom. The summed E-state index contributed by atoms with van der Waals surface area (Å²) >= 11 is 5.76. The molecule has 1 amide bonds. The number of phenolic OH excluding ortho intramolecular Hbond substituents is 2. The maximum Gasteiger partial charge on any atom is 0.328 e. The Balaban J connectivity index is 1.61. The van der Waals surface area contributed by atoms with Gasteiger partial charge in [-0.3, -0.25) is 4.79 Å². The molecule has 0 radical (unpaired) electrons. The van der Waals surface area contributed by atoms with Crippen molar-refractivity contribution in [1.29, 1.82) is 0 Å². The Labute approximate surface area is 260 Å². The van der Waals surface area contributed by atoms with Crippen LogP contribution in [-0.4, -0.2) is 59.4 Å². The van der Waals surface area contributed by atoms with Gasteiger partial charge >= 0.3 is 11.9 Å². The lowest BCUT2D eigenvalue weighted by molar-refractivity contribution is -0.143. The SMILES string of the molecule is COC(=O)[C@H](Cc1ccc(O)cc1)NC(=O)c1ccccc1-c1ccccc1C(=S)N[C@@H](Cc1ccc(O)cc1)C(=O)OC. The van der Waals surface area contributed by atoms with Gasteiger partial charge in [-0.25, -0.2) is 9.59 Å². The Morgan fingerprint density at radius 3 is 1.52 bits per heavy atom. The molecule has 4 N–H and O–H groups in total. The number of aromatic hydroxyl groups is 2. The van der Waals surface area contributed by atoms with E-state index in [4.69, 9.17) is 21.7 Å². The minimum absolute atomic E-state index is 0.0886.